The van der Waals surface area contributed by atoms with E-state index in [2.05, 4.69) is 146 Å². The Morgan fingerprint density at radius 3 is 1.68 bits per heavy atom. The third-order valence-corrected chi connectivity index (χ3v) is 7.64. The normalized spacial score (nSPS) is 13.1. The highest BCUT2D eigenvalue weighted by Crippen LogP contribution is 2.57. The van der Waals surface area contributed by atoms with Gasteiger partial charge < -0.3 is 0 Å². The van der Waals surface area contributed by atoms with Crippen LogP contribution in [0, 0.1) is 6.92 Å². The first kappa shape index (κ1) is 22.4. The molecule has 0 bridgehead atoms. The molecule has 38 heavy (non-hydrogen) atoms. The predicted molar refractivity (Wildman–Crippen MR) is 155 cm³/mol. The summed E-state index contributed by atoms with van der Waals surface area (Å²) < 4.78 is 0. The minimum atomic E-state index is -0.569. The van der Waals surface area contributed by atoms with Crippen LogP contribution >= 0.6 is 0 Å². The van der Waals surface area contributed by atoms with Crippen LogP contribution in [0.5, 0.6) is 0 Å². The van der Waals surface area contributed by atoms with Crippen molar-refractivity contribution in [2.24, 2.45) is 0 Å². The molecule has 2 nitrogen and oxygen atoms in total. The van der Waals surface area contributed by atoms with E-state index in [0.29, 0.717) is 0 Å². The van der Waals surface area contributed by atoms with Crippen molar-refractivity contribution >= 4 is 0 Å². The Morgan fingerprint density at radius 2 is 1.05 bits per heavy atom. The maximum atomic E-state index is 5.45. The summed E-state index contributed by atoms with van der Waals surface area (Å²) >= 11 is 0. The molecule has 0 amide bonds. The molecule has 0 spiro atoms. The highest BCUT2D eigenvalue weighted by molar-refractivity contribution is 5.93. The Hall–Kier alpha value is -4.82. The van der Waals surface area contributed by atoms with Crippen molar-refractivity contribution in [3.8, 4) is 33.8 Å². The van der Waals surface area contributed by atoms with Gasteiger partial charge in [0.15, 0.2) is 5.82 Å². The molecular formula is C36H26N2. The molecule has 1 heterocycles. The molecule has 0 unspecified atom stereocenters. The first-order chi connectivity index (χ1) is 18.8. The quantitative estimate of drug-likeness (QED) is 0.249. The monoisotopic (exact) mass is 486 g/mol. The van der Waals surface area contributed by atoms with Gasteiger partial charge in [-0.05, 0) is 29.2 Å². The van der Waals surface area contributed by atoms with Gasteiger partial charge in [-0.25, -0.2) is 9.97 Å². The number of rotatable bonds is 4. The van der Waals surface area contributed by atoms with Gasteiger partial charge in [-0.3, -0.25) is 0 Å². The lowest BCUT2D eigenvalue weighted by atomic mass is 9.69. The molecule has 5 aromatic carbocycles. The molecule has 1 aliphatic rings. The molecule has 0 atom stereocenters. The molecule has 6 aromatic rings. The molecule has 0 fully saturated rings. The number of hydrogen-bond donors (Lipinski definition) is 0. The molecule has 2 heteroatoms. The summed E-state index contributed by atoms with van der Waals surface area (Å²) in [5, 5.41) is 0. The van der Waals surface area contributed by atoms with Crippen LogP contribution in [-0.4, -0.2) is 9.97 Å². The number of nitrogens with zero attached hydrogens (tertiary/aromatic N) is 2. The molecular weight excluding hydrogens is 460 g/mol. The van der Waals surface area contributed by atoms with Gasteiger partial charge in [0, 0.05) is 16.7 Å². The van der Waals surface area contributed by atoms with Crippen molar-refractivity contribution in [3.05, 3.63) is 167 Å². The number of fused-ring (bicyclic) bond motifs is 3. The predicted octanol–water partition coefficient (Wildman–Crippen LogP) is 8.48. The number of hydrogen-bond acceptors (Lipinski definition) is 2. The first-order valence-electron chi connectivity index (χ1n) is 13.0. The summed E-state index contributed by atoms with van der Waals surface area (Å²) in [6, 6.07) is 49.4. The third kappa shape index (κ3) is 3.34. The number of aryl methyl sites for hydroxylation is 1. The Labute approximate surface area is 223 Å². The average Bonchev–Trinajstić information content (AvgIpc) is 3.29. The zero-order valence-electron chi connectivity index (χ0n) is 21.2. The average molecular weight is 487 g/mol. The lowest BCUT2D eigenvalue weighted by molar-refractivity contribution is 0.736. The minimum Gasteiger partial charge on any atom is -0.231 e. The molecule has 0 N–H and O–H groups in total. The van der Waals surface area contributed by atoms with E-state index in [0.717, 1.165) is 33.9 Å². The fraction of sp³-hybridized carbons (Fsp3) is 0.0556. The largest absolute Gasteiger partial charge is 0.231 e. The maximum absolute atomic E-state index is 5.45. The summed E-state index contributed by atoms with van der Waals surface area (Å²) in [6.07, 6.45) is 0. The molecule has 0 saturated heterocycles. The van der Waals surface area contributed by atoms with Gasteiger partial charge in [0.1, 0.15) is 0 Å². The Morgan fingerprint density at radius 1 is 0.500 bits per heavy atom. The smallest absolute Gasteiger partial charge is 0.160 e. The minimum absolute atomic E-state index is 0.569. The van der Waals surface area contributed by atoms with Crippen molar-refractivity contribution in [3.63, 3.8) is 0 Å². The van der Waals surface area contributed by atoms with Crippen LogP contribution in [-0.2, 0) is 5.41 Å². The second-order valence-corrected chi connectivity index (χ2v) is 9.88. The highest BCUT2D eigenvalue weighted by atomic mass is 14.9. The van der Waals surface area contributed by atoms with Crippen LogP contribution in [0.1, 0.15) is 27.9 Å². The summed E-state index contributed by atoms with van der Waals surface area (Å²) in [7, 11) is 0. The first-order valence-corrected chi connectivity index (χ1v) is 13.0. The lowest BCUT2D eigenvalue weighted by Crippen LogP contribution is -2.30. The summed E-state index contributed by atoms with van der Waals surface area (Å²) in [5.41, 5.74) is 10.7. The summed E-state index contributed by atoms with van der Waals surface area (Å²) in [5.74, 6) is 0.742. The van der Waals surface area contributed by atoms with Gasteiger partial charge in [0.05, 0.1) is 16.8 Å². The molecule has 0 aliphatic heterocycles. The topological polar surface area (TPSA) is 25.8 Å². The fourth-order valence-electron chi connectivity index (χ4n) is 5.91. The Bertz CT molecular complexity index is 1700. The van der Waals surface area contributed by atoms with E-state index < -0.39 is 5.41 Å². The Kier molecular flexibility index (Phi) is 5.26. The zero-order valence-corrected chi connectivity index (χ0v) is 21.2. The van der Waals surface area contributed by atoms with Gasteiger partial charge in [0.25, 0.3) is 0 Å². The molecule has 1 aromatic heterocycles. The molecule has 1 aliphatic carbocycles. The standard InChI is InChI=1S/C36H26N2/c1-25-21-23-27(24-22-25)35-37-33(26-13-5-2-6-14-26)32-30-19-11-12-20-31(30)36(34(32)38-35,28-15-7-3-8-16-28)29-17-9-4-10-18-29/h2-24H,1H3. The second kappa shape index (κ2) is 8.93. The number of aromatic nitrogens is 2. The van der Waals surface area contributed by atoms with Crippen LogP contribution in [0.25, 0.3) is 33.8 Å². The van der Waals surface area contributed by atoms with Crippen LogP contribution in [0.3, 0.4) is 0 Å². The SMILES string of the molecule is Cc1ccc(-c2nc(-c3ccccc3)c3c(n2)C(c2ccccc2)(c2ccccc2)c2ccccc2-3)cc1. The van der Waals surface area contributed by atoms with E-state index in [1.165, 1.54) is 27.8 Å². The lowest BCUT2D eigenvalue weighted by Gasteiger charge is -2.33. The van der Waals surface area contributed by atoms with E-state index in [1.54, 1.807) is 0 Å². The van der Waals surface area contributed by atoms with Crippen molar-refractivity contribution in [2.45, 2.75) is 12.3 Å². The van der Waals surface area contributed by atoms with Gasteiger partial charge in [-0.1, -0.05) is 145 Å². The summed E-state index contributed by atoms with van der Waals surface area (Å²) in [4.78, 5) is 10.7. The highest BCUT2D eigenvalue weighted by Gasteiger charge is 2.49. The fourth-order valence-corrected chi connectivity index (χ4v) is 5.91. The molecule has 7 rings (SSSR count). The summed E-state index contributed by atoms with van der Waals surface area (Å²) in [6.45, 7) is 2.11. The van der Waals surface area contributed by atoms with Gasteiger partial charge in [-0.15, -0.1) is 0 Å². The molecule has 180 valence electrons. The van der Waals surface area contributed by atoms with Gasteiger partial charge >= 0.3 is 0 Å². The van der Waals surface area contributed by atoms with E-state index in [9.17, 15) is 0 Å². The Balaban J connectivity index is 1.67. The zero-order chi connectivity index (χ0) is 25.5. The van der Waals surface area contributed by atoms with Gasteiger partial charge in [0.2, 0.25) is 0 Å². The van der Waals surface area contributed by atoms with E-state index >= 15 is 0 Å². The van der Waals surface area contributed by atoms with Crippen LogP contribution in [0.4, 0.5) is 0 Å². The van der Waals surface area contributed by atoms with Crippen LogP contribution in [0.15, 0.2) is 140 Å². The van der Waals surface area contributed by atoms with Crippen molar-refractivity contribution < 1.29 is 0 Å². The maximum Gasteiger partial charge on any atom is 0.160 e. The number of benzene rings is 5. The van der Waals surface area contributed by atoms with Gasteiger partial charge in [-0.2, -0.15) is 0 Å². The van der Waals surface area contributed by atoms with Crippen molar-refractivity contribution in [1.29, 1.82) is 0 Å². The van der Waals surface area contributed by atoms with E-state index in [4.69, 9.17) is 9.97 Å². The third-order valence-electron chi connectivity index (χ3n) is 7.64. The van der Waals surface area contributed by atoms with E-state index in [1.807, 2.05) is 0 Å². The van der Waals surface area contributed by atoms with Crippen molar-refractivity contribution in [2.75, 3.05) is 0 Å². The molecule has 0 saturated carbocycles. The second-order valence-electron chi connectivity index (χ2n) is 9.88. The van der Waals surface area contributed by atoms with Crippen LogP contribution in [0.2, 0.25) is 0 Å². The molecule has 0 radical (unpaired) electrons. The van der Waals surface area contributed by atoms with Crippen LogP contribution < -0.4 is 0 Å². The van der Waals surface area contributed by atoms with E-state index in [-0.39, 0.29) is 0 Å². The van der Waals surface area contributed by atoms with Crippen molar-refractivity contribution in [1.82, 2.24) is 9.97 Å².